The molecule has 0 aliphatic carbocycles. The van der Waals surface area contributed by atoms with E-state index in [-0.39, 0.29) is 24.8 Å². The number of anilines is 1. The molecule has 0 bridgehead atoms. The van der Waals surface area contributed by atoms with Crippen LogP contribution in [0.3, 0.4) is 0 Å². The number of amidine groups is 1. The summed E-state index contributed by atoms with van der Waals surface area (Å²) in [6.45, 7) is 3.80. The number of halogens is 1. The first-order valence-electron chi connectivity index (χ1n) is 12.8. The highest BCUT2D eigenvalue weighted by Gasteiger charge is 2.30. The van der Waals surface area contributed by atoms with Gasteiger partial charge in [0.15, 0.2) is 23.3 Å². The van der Waals surface area contributed by atoms with Gasteiger partial charge in [-0.25, -0.2) is 14.2 Å². The molecule has 0 radical (unpaired) electrons. The molecule has 2 amide bonds. The van der Waals surface area contributed by atoms with Gasteiger partial charge in [0.25, 0.3) is 11.8 Å². The van der Waals surface area contributed by atoms with E-state index in [1.54, 1.807) is 68.6 Å². The first kappa shape index (κ1) is 29.3. The van der Waals surface area contributed by atoms with E-state index < -0.39 is 17.7 Å². The molecule has 1 saturated heterocycles. The maximum atomic E-state index is 13.8. The molecule has 4 rings (SSSR count). The SMILES string of the molecule is CCOC(=O)c1cccc(N=C2SC(=Cc3ccc(OCC(=O)Nc4ccccc4F)c(OCC)c3)C(=O)N2C)c1. The van der Waals surface area contributed by atoms with E-state index in [1.807, 2.05) is 6.92 Å². The second-order valence-electron chi connectivity index (χ2n) is 8.60. The summed E-state index contributed by atoms with van der Waals surface area (Å²) in [6, 6.07) is 17.6. The summed E-state index contributed by atoms with van der Waals surface area (Å²) in [7, 11) is 1.62. The Hall–Kier alpha value is -4.64. The molecule has 1 aliphatic heterocycles. The molecule has 9 nitrogen and oxygen atoms in total. The fourth-order valence-corrected chi connectivity index (χ4v) is 4.71. The standard InChI is InChI=1S/C30H28FN3O6S/c1-4-38-25-15-19(13-14-24(25)40-18-27(35)33-23-12-7-6-11-22(23)31)16-26-28(36)34(3)30(41-26)32-21-10-8-9-20(17-21)29(37)39-5-2/h6-17H,4-5,18H2,1-3H3,(H,33,35). The number of hydrogen-bond acceptors (Lipinski definition) is 8. The largest absolute Gasteiger partial charge is 0.490 e. The monoisotopic (exact) mass is 577 g/mol. The summed E-state index contributed by atoms with van der Waals surface area (Å²) in [4.78, 5) is 43.7. The lowest BCUT2D eigenvalue weighted by Gasteiger charge is -2.13. The predicted molar refractivity (Wildman–Crippen MR) is 156 cm³/mol. The zero-order chi connectivity index (χ0) is 29.4. The number of esters is 1. The van der Waals surface area contributed by atoms with E-state index >= 15 is 0 Å². The first-order valence-corrected chi connectivity index (χ1v) is 13.6. The maximum Gasteiger partial charge on any atom is 0.338 e. The number of para-hydroxylation sites is 1. The fourth-order valence-electron chi connectivity index (χ4n) is 3.72. The van der Waals surface area contributed by atoms with E-state index in [1.165, 1.54) is 34.9 Å². The van der Waals surface area contributed by atoms with Crippen LogP contribution >= 0.6 is 11.8 Å². The third-order valence-corrected chi connectivity index (χ3v) is 6.72. The Bertz CT molecular complexity index is 1520. The molecule has 0 aromatic heterocycles. The normalized spacial score (nSPS) is 14.8. The number of aliphatic imine (C=N–C) groups is 1. The molecule has 1 N–H and O–H groups in total. The van der Waals surface area contributed by atoms with Gasteiger partial charge in [-0.2, -0.15) is 0 Å². The number of amides is 2. The Balaban J connectivity index is 1.48. The average Bonchev–Trinajstić information content (AvgIpc) is 3.21. The van der Waals surface area contributed by atoms with Crippen LogP contribution in [-0.2, 0) is 14.3 Å². The molecule has 11 heteroatoms. The number of carbonyl (C=O) groups is 3. The molecule has 3 aromatic carbocycles. The van der Waals surface area contributed by atoms with Crippen LogP contribution in [0.1, 0.15) is 29.8 Å². The van der Waals surface area contributed by atoms with Crippen LogP contribution in [0.25, 0.3) is 6.08 Å². The van der Waals surface area contributed by atoms with Crippen LogP contribution in [0, 0.1) is 5.82 Å². The van der Waals surface area contributed by atoms with Gasteiger partial charge in [-0.3, -0.25) is 14.5 Å². The smallest absolute Gasteiger partial charge is 0.338 e. The zero-order valence-electron chi connectivity index (χ0n) is 22.7. The third kappa shape index (κ3) is 7.52. The minimum absolute atomic E-state index is 0.0615. The zero-order valence-corrected chi connectivity index (χ0v) is 23.5. The highest BCUT2D eigenvalue weighted by Crippen LogP contribution is 2.35. The molecule has 0 atom stereocenters. The second-order valence-corrected chi connectivity index (χ2v) is 9.60. The lowest BCUT2D eigenvalue weighted by Crippen LogP contribution is -2.23. The summed E-state index contributed by atoms with van der Waals surface area (Å²) in [6.07, 6.45) is 1.71. The summed E-state index contributed by atoms with van der Waals surface area (Å²) >= 11 is 1.20. The minimum Gasteiger partial charge on any atom is -0.490 e. The van der Waals surface area contributed by atoms with Crippen LogP contribution in [0.15, 0.2) is 76.6 Å². The Morgan fingerprint density at radius 2 is 1.80 bits per heavy atom. The maximum absolute atomic E-state index is 13.8. The number of carbonyl (C=O) groups excluding carboxylic acids is 3. The lowest BCUT2D eigenvalue weighted by atomic mass is 10.2. The molecule has 0 spiro atoms. The summed E-state index contributed by atoms with van der Waals surface area (Å²) in [5.41, 5.74) is 1.62. The van der Waals surface area contributed by atoms with Gasteiger partial charge in [0.1, 0.15) is 5.82 Å². The second kappa shape index (κ2) is 13.6. The van der Waals surface area contributed by atoms with Crippen molar-refractivity contribution in [2.24, 2.45) is 4.99 Å². The highest BCUT2D eigenvalue weighted by molar-refractivity contribution is 8.18. The van der Waals surface area contributed by atoms with Crippen molar-refractivity contribution in [3.63, 3.8) is 0 Å². The van der Waals surface area contributed by atoms with Gasteiger partial charge < -0.3 is 19.5 Å². The lowest BCUT2D eigenvalue weighted by molar-refractivity contribution is -0.121. The van der Waals surface area contributed by atoms with Gasteiger partial charge in [0.05, 0.1) is 35.1 Å². The number of nitrogens with zero attached hydrogens (tertiary/aromatic N) is 2. The van der Waals surface area contributed by atoms with Crippen molar-refractivity contribution >= 4 is 52.2 Å². The number of hydrogen-bond donors (Lipinski definition) is 1. The number of benzene rings is 3. The van der Waals surface area contributed by atoms with Crippen molar-refractivity contribution in [3.8, 4) is 11.5 Å². The van der Waals surface area contributed by atoms with Crippen molar-refractivity contribution in [1.29, 1.82) is 0 Å². The fraction of sp³-hybridized carbons (Fsp3) is 0.200. The van der Waals surface area contributed by atoms with Crippen molar-refractivity contribution in [2.45, 2.75) is 13.8 Å². The summed E-state index contributed by atoms with van der Waals surface area (Å²) < 4.78 is 30.2. The minimum atomic E-state index is -0.545. The average molecular weight is 578 g/mol. The first-order chi connectivity index (χ1) is 19.8. The van der Waals surface area contributed by atoms with Gasteiger partial charge in [-0.05, 0) is 79.7 Å². The van der Waals surface area contributed by atoms with E-state index in [4.69, 9.17) is 14.2 Å². The van der Waals surface area contributed by atoms with Crippen LogP contribution in [0.2, 0.25) is 0 Å². The van der Waals surface area contributed by atoms with Gasteiger partial charge in [0.2, 0.25) is 0 Å². The Morgan fingerprint density at radius 1 is 1.00 bits per heavy atom. The highest BCUT2D eigenvalue weighted by atomic mass is 32.2. The van der Waals surface area contributed by atoms with Gasteiger partial charge >= 0.3 is 5.97 Å². The van der Waals surface area contributed by atoms with Crippen molar-refractivity contribution in [2.75, 3.05) is 32.2 Å². The topological polar surface area (TPSA) is 107 Å². The molecule has 1 fully saturated rings. The van der Waals surface area contributed by atoms with Crippen LogP contribution in [-0.4, -0.2) is 54.7 Å². The van der Waals surface area contributed by atoms with E-state index in [0.29, 0.717) is 45.0 Å². The molecule has 1 heterocycles. The van der Waals surface area contributed by atoms with Crippen molar-refractivity contribution in [3.05, 3.63) is 88.6 Å². The van der Waals surface area contributed by atoms with Gasteiger partial charge in [-0.15, -0.1) is 0 Å². The number of likely N-dealkylation sites (N-methyl/N-ethyl adjacent to an activating group) is 1. The molecule has 212 valence electrons. The molecule has 41 heavy (non-hydrogen) atoms. The number of nitrogens with one attached hydrogen (secondary N) is 1. The number of rotatable bonds is 10. The number of ether oxygens (including phenoxy) is 3. The Kier molecular flexibility index (Phi) is 9.75. The molecular formula is C30H28FN3O6S. The quantitative estimate of drug-likeness (QED) is 0.245. The van der Waals surface area contributed by atoms with E-state index in [2.05, 4.69) is 10.3 Å². The predicted octanol–water partition coefficient (Wildman–Crippen LogP) is 5.65. The van der Waals surface area contributed by atoms with Gasteiger partial charge in [0, 0.05) is 7.05 Å². The molecule has 3 aromatic rings. The van der Waals surface area contributed by atoms with Crippen molar-refractivity contribution < 1.29 is 33.0 Å². The molecule has 0 saturated carbocycles. The van der Waals surface area contributed by atoms with Crippen LogP contribution in [0.4, 0.5) is 15.8 Å². The van der Waals surface area contributed by atoms with Gasteiger partial charge in [-0.1, -0.05) is 24.3 Å². The van der Waals surface area contributed by atoms with Crippen LogP contribution in [0.5, 0.6) is 11.5 Å². The number of thioether (sulfide) groups is 1. The Labute approximate surface area is 241 Å². The third-order valence-electron chi connectivity index (χ3n) is 5.66. The van der Waals surface area contributed by atoms with E-state index in [0.717, 1.165) is 0 Å². The summed E-state index contributed by atoms with van der Waals surface area (Å²) in [5.74, 6) is -1.05. The van der Waals surface area contributed by atoms with Crippen molar-refractivity contribution in [1.82, 2.24) is 4.90 Å². The Morgan fingerprint density at radius 3 is 2.56 bits per heavy atom. The van der Waals surface area contributed by atoms with E-state index in [9.17, 15) is 18.8 Å². The summed E-state index contributed by atoms with van der Waals surface area (Å²) in [5, 5.41) is 2.92. The molecule has 0 unspecified atom stereocenters. The molecular weight excluding hydrogens is 549 g/mol. The van der Waals surface area contributed by atoms with Crippen LogP contribution < -0.4 is 14.8 Å². The molecule has 1 aliphatic rings.